The smallest absolute Gasteiger partial charge is 0.251 e. The van der Waals surface area contributed by atoms with Crippen molar-refractivity contribution in [1.82, 2.24) is 9.97 Å². The highest BCUT2D eigenvalue weighted by Crippen LogP contribution is 2.24. The molecule has 0 saturated carbocycles. The molecule has 0 bridgehead atoms. The maximum Gasteiger partial charge on any atom is 0.251 e. The standard InChI is InChI=1S/C22H20ClN3O3S/c1-2-6-16-12-19(27)26-22(24-16)30-13-20(28)25-18-10-9-15(23)11-17(18)21(29)14-7-4-3-5-8-14/h3-5,7-12H,2,6,13H2,1H3,(H,25,28)(H,24,26,27). The first-order chi connectivity index (χ1) is 14.5. The normalized spacial score (nSPS) is 10.6. The fraction of sp³-hybridized carbons (Fsp3) is 0.182. The number of aryl methyl sites for hydroxylation is 1. The summed E-state index contributed by atoms with van der Waals surface area (Å²) >= 11 is 7.20. The maximum atomic E-state index is 12.9. The summed E-state index contributed by atoms with van der Waals surface area (Å²) < 4.78 is 0. The van der Waals surface area contributed by atoms with E-state index in [1.165, 1.54) is 12.1 Å². The molecule has 6 nitrogen and oxygen atoms in total. The van der Waals surface area contributed by atoms with E-state index in [4.69, 9.17) is 11.6 Å². The fourth-order valence-corrected chi connectivity index (χ4v) is 3.68. The SMILES string of the molecule is CCCc1cc(=O)[nH]c(SCC(=O)Nc2ccc(Cl)cc2C(=O)c2ccccc2)n1. The van der Waals surface area contributed by atoms with Gasteiger partial charge in [-0.15, -0.1) is 0 Å². The minimum Gasteiger partial charge on any atom is -0.325 e. The molecule has 3 aromatic rings. The predicted octanol–water partition coefficient (Wildman–Crippen LogP) is 4.34. The topological polar surface area (TPSA) is 91.9 Å². The number of hydrogen-bond donors (Lipinski definition) is 2. The third kappa shape index (κ3) is 5.81. The number of nitrogens with zero attached hydrogens (tertiary/aromatic N) is 1. The van der Waals surface area contributed by atoms with Crippen LogP contribution in [0.1, 0.15) is 35.0 Å². The van der Waals surface area contributed by atoms with Crippen molar-refractivity contribution in [3.05, 3.63) is 86.8 Å². The molecule has 1 amide bonds. The van der Waals surface area contributed by atoms with Crippen LogP contribution in [0.4, 0.5) is 5.69 Å². The number of nitrogens with one attached hydrogen (secondary N) is 2. The number of hydrogen-bond acceptors (Lipinski definition) is 5. The molecule has 0 atom stereocenters. The monoisotopic (exact) mass is 441 g/mol. The molecule has 0 aliphatic carbocycles. The van der Waals surface area contributed by atoms with E-state index in [0.717, 1.165) is 18.2 Å². The van der Waals surface area contributed by atoms with Gasteiger partial charge in [-0.2, -0.15) is 0 Å². The van der Waals surface area contributed by atoms with Gasteiger partial charge in [0.05, 0.1) is 11.4 Å². The van der Waals surface area contributed by atoms with Gasteiger partial charge in [0.1, 0.15) is 0 Å². The van der Waals surface area contributed by atoms with Gasteiger partial charge in [0.15, 0.2) is 10.9 Å². The van der Waals surface area contributed by atoms with E-state index in [0.29, 0.717) is 39.1 Å². The van der Waals surface area contributed by atoms with Gasteiger partial charge in [0, 0.05) is 27.9 Å². The average Bonchev–Trinajstić information content (AvgIpc) is 2.73. The van der Waals surface area contributed by atoms with Crippen LogP contribution in [0.15, 0.2) is 64.5 Å². The van der Waals surface area contributed by atoms with E-state index in [1.807, 2.05) is 13.0 Å². The van der Waals surface area contributed by atoms with Crippen molar-refractivity contribution in [3.8, 4) is 0 Å². The number of aromatic nitrogens is 2. The summed E-state index contributed by atoms with van der Waals surface area (Å²) in [4.78, 5) is 44.1. The van der Waals surface area contributed by atoms with E-state index in [1.54, 1.807) is 36.4 Å². The number of carbonyl (C=O) groups excluding carboxylic acids is 2. The Morgan fingerprint density at radius 3 is 2.63 bits per heavy atom. The summed E-state index contributed by atoms with van der Waals surface area (Å²) in [5.41, 5.74) is 1.63. The van der Waals surface area contributed by atoms with Crippen molar-refractivity contribution in [2.45, 2.75) is 24.9 Å². The van der Waals surface area contributed by atoms with Gasteiger partial charge in [-0.1, -0.05) is 67.0 Å². The van der Waals surface area contributed by atoms with Gasteiger partial charge in [0.25, 0.3) is 5.56 Å². The number of anilines is 1. The van der Waals surface area contributed by atoms with E-state index < -0.39 is 0 Å². The molecular formula is C22H20ClN3O3S. The molecule has 2 aromatic carbocycles. The molecule has 0 unspecified atom stereocenters. The molecule has 0 fully saturated rings. The first-order valence-corrected chi connectivity index (χ1v) is 10.7. The predicted molar refractivity (Wildman–Crippen MR) is 120 cm³/mol. The number of ketones is 1. The number of carbonyl (C=O) groups is 2. The maximum absolute atomic E-state index is 12.9. The van der Waals surface area contributed by atoms with E-state index in [2.05, 4.69) is 15.3 Å². The quantitative estimate of drug-likeness (QED) is 0.308. The Morgan fingerprint density at radius 2 is 1.90 bits per heavy atom. The molecule has 2 N–H and O–H groups in total. The lowest BCUT2D eigenvalue weighted by atomic mass is 10.0. The molecule has 8 heteroatoms. The third-order valence-corrected chi connectivity index (χ3v) is 5.26. The highest BCUT2D eigenvalue weighted by atomic mass is 35.5. The Hall–Kier alpha value is -2.90. The summed E-state index contributed by atoms with van der Waals surface area (Å²) in [5, 5.41) is 3.54. The third-order valence-electron chi connectivity index (χ3n) is 4.16. The molecule has 0 aliphatic heterocycles. The second kappa shape index (κ2) is 10.2. The van der Waals surface area contributed by atoms with Crippen LogP contribution in [0.25, 0.3) is 0 Å². The van der Waals surface area contributed by atoms with Crippen LogP contribution in [-0.2, 0) is 11.2 Å². The minimum absolute atomic E-state index is 0.0279. The highest BCUT2D eigenvalue weighted by molar-refractivity contribution is 7.99. The molecule has 0 saturated heterocycles. The number of H-pyrrole nitrogens is 1. The van der Waals surface area contributed by atoms with Crippen LogP contribution in [0.3, 0.4) is 0 Å². The second-order valence-corrected chi connectivity index (χ2v) is 7.91. The molecule has 154 valence electrons. The van der Waals surface area contributed by atoms with Gasteiger partial charge in [-0.05, 0) is 24.6 Å². The van der Waals surface area contributed by atoms with E-state index in [-0.39, 0.29) is 23.0 Å². The molecule has 0 spiro atoms. The number of amides is 1. The van der Waals surface area contributed by atoms with Crippen LogP contribution in [0.2, 0.25) is 5.02 Å². The Balaban J connectivity index is 1.73. The second-order valence-electron chi connectivity index (χ2n) is 6.51. The van der Waals surface area contributed by atoms with Gasteiger partial charge in [-0.3, -0.25) is 14.4 Å². The summed E-state index contributed by atoms with van der Waals surface area (Å²) in [5.74, 6) is -0.535. The zero-order valence-corrected chi connectivity index (χ0v) is 17.8. The van der Waals surface area contributed by atoms with Crippen LogP contribution < -0.4 is 10.9 Å². The van der Waals surface area contributed by atoms with Gasteiger partial charge >= 0.3 is 0 Å². The van der Waals surface area contributed by atoms with Gasteiger partial charge in [-0.25, -0.2) is 4.98 Å². The zero-order chi connectivity index (χ0) is 21.5. The Morgan fingerprint density at radius 1 is 1.13 bits per heavy atom. The first-order valence-electron chi connectivity index (χ1n) is 9.38. The number of thioether (sulfide) groups is 1. The van der Waals surface area contributed by atoms with Crippen LogP contribution in [-0.4, -0.2) is 27.4 Å². The van der Waals surface area contributed by atoms with Crippen LogP contribution >= 0.6 is 23.4 Å². The average molecular weight is 442 g/mol. The number of benzene rings is 2. The highest BCUT2D eigenvalue weighted by Gasteiger charge is 2.16. The molecular weight excluding hydrogens is 422 g/mol. The summed E-state index contributed by atoms with van der Waals surface area (Å²) in [6.45, 7) is 2.00. The van der Waals surface area contributed by atoms with Crippen LogP contribution in [0, 0.1) is 0 Å². The number of halogens is 1. The summed E-state index contributed by atoms with van der Waals surface area (Å²) in [6.07, 6.45) is 1.56. The fourth-order valence-electron chi connectivity index (χ4n) is 2.81. The van der Waals surface area contributed by atoms with E-state index >= 15 is 0 Å². The zero-order valence-electron chi connectivity index (χ0n) is 16.3. The van der Waals surface area contributed by atoms with Crippen LogP contribution in [0.5, 0.6) is 0 Å². The molecule has 0 aliphatic rings. The minimum atomic E-state index is -0.326. The molecule has 0 radical (unpaired) electrons. The Kier molecular flexibility index (Phi) is 7.43. The van der Waals surface area contributed by atoms with Gasteiger partial charge in [0.2, 0.25) is 5.91 Å². The summed E-state index contributed by atoms with van der Waals surface area (Å²) in [6, 6.07) is 15.0. The van der Waals surface area contributed by atoms with Crippen molar-refractivity contribution >= 4 is 40.7 Å². The molecule has 1 heterocycles. The van der Waals surface area contributed by atoms with E-state index in [9.17, 15) is 14.4 Å². The lowest BCUT2D eigenvalue weighted by Gasteiger charge is -2.11. The lowest BCUT2D eigenvalue weighted by molar-refractivity contribution is -0.113. The van der Waals surface area contributed by atoms with Crippen molar-refractivity contribution in [3.63, 3.8) is 0 Å². The molecule has 1 aromatic heterocycles. The first kappa shape index (κ1) is 21.8. The van der Waals surface area contributed by atoms with Gasteiger partial charge < -0.3 is 10.3 Å². The Labute approximate surface area is 183 Å². The Bertz CT molecular complexity index is 1120. The molecule has 3 rings (SSSR count). The number of aromatic amines is 1. The summed E-state index contributed by atoms with van der Waals surface area (Å²) in [7, 11) is 0. The largest absolute Gasteiger partial charge is 0.325 e. The van der Waals surface area contributed by atoms with Crippen molar-refractivity contribution in [1.29, 1.82) is 0 Å². The van der Waals surface area contributed by atoms with Crippen molar-refractivity contribution < 1.29 is 9.59 Å². The molecule has 30 heavy (non-hydrogen) atoms. The number of rotatable bonds is 8. The van der Waals surface area contributed by atoms with Crippen molar-refractivity contribution in [2.24, 2.45) is 0 Å². The van der Waals surface area contributed by atoms with Crippen molar-refractivity contribution in [2.75, 3.05) is 11.1 Å². The lowest BCUT2D eigenvalue weighted by Crippen LogP contribution is -2.18.